The molecule has 0 amide bonds. The van der Waals surface area contributed by atoms with Gasteiger partial charge < -0.3 is 19.2 Å². The molecule has 0 saturated carbocycles. The first-order valence-corrected chi connectivity index (χ1v) is 7.58. The van der Waals surface area contributed by atoms with Gasteiger partial charge in [0.1, 0.15) is 5.75 Å². The van der Waals surface area contributed by atoms with Crippen molar-refractivity contribution in [3.63, 3.8) is 0 Å². The Labute approximate surface area is 137 Å². The van der Waals surface area contributed by atoms with E-state index in [0.29, 0.717) is 16.2 Å². The molecule has 0 radical (unpaired) electrons. The molecule has 1 fully saturated rings. The Kier molecular flexibility index (Phi) is 4.92. The molecule has 0 bridgehead atoms. The Bertz CT molecular complexity index is 568. The topological polar surface area (TPSA) is 47.9 Å². The number of methoxy groups -OCH3 is 1. The van der Waals surface area contributed by atoms with E-state index in [9.17, 15) is 5.11 Å². The average molecular weight is 325 g/mol. The Hall–Kier alpha value is -1.01. The Morgan fingerprint density at radius 3 is 2.36 bits per heavy atom. The van der Waals surface area contributed by atoms with Crippen LogP contribution in [-0.4, -0.2) is 37.1 Å². The van der Waals surface area contributed by atoms with Crippen molar-refractivity contribution in [1.82, 2.24) is 0 Å². The molecule has 1 aromatic carbocycles. The van der Waals surface area contributed by atoms with Gasteiger partial charge in [-0.05, 0) is 50.9 Å². The molecule has 0 atom stereocenters. The molecule has 1 aliphatic rings. The molecule has 0 aliphatic carbocycles. The third kappa shape index (κ3) is 3.33. The van der Waals surface area contributed by atoms with E-state index in [-0.39, 0.29) is 6.61 Å². The van der Waals surface area contributed by atoms with Gasteiger partial charge in [-0.15, -0.1) is 0 Å². The summed E-state index contributed by atoms with van der Waals surface area (Å²) in [4.78, 5) is 0. The van der Waals surface area contributed by atoms with Crippen molar-refractivity contribution in [2.45, 2.75) is 38.9 Å². The van der Waals surface area contributed by atoms with Crippen molar-refractivity contribution in [3.8, 4) is 5.75 Å². The van der Waals surface area contributed by atoms with Crippen LogP contribution in [0.25, 0.3) is 6.08 Å². The summed E-state index contributed by atoms with van der Waals surface area (Å²) >= 11 is 6.02. The Morgan fingerprint density at radius 2 is 1.86 bits per heavy atom. The van der Waals surface area contributed by atoms with Gasteiger partial charge in [0.05, 0.1) is 29.9 Å². The number of aliphatic hydroxyl groups is 1. The minimum absolute atomic E-state index is 0.151. The monoisotopic (exact) mass is 324 g/mol. The van der Waals surface area contributed by atoms with E-state index in [1.165, 1.54) is 0 Å². The highest BCUT2D eigenvalue weighted by molar-refractivity contribution is 6.55. The first-order chi connectivity index (χ1) is 10.2. The van der Waals surface area contributed by atoms with Crippen molar-refractivity contribution >= 4 is 24.8 Å². The minimum Gasteiger partial charge on any atom is -0.495 e. The molecule has 1 heterocycles. The molecular weight excluding hydrogens is 302 g/mol. The molecule has 1 saturated heterocycles. The van der Waals surface area contributed by atoms with E-state index >= 15 is 0 Å². The molecule has 0 unspecified atom stereocenters. The maximum atomic E-state index is 9.68. The van der Waals surface area contributed by atoms with E-state index in [1.54, 1.807) is 13.2 Å². The van der Waals surface area contributed by atoms with Gasteiger partial charge in [0.2, 0.25) is 0 Å². The van der Waals surface area contributed by atoms with Crippen LogP contribution in [0.15, 0.2) is 23.7 Å². The van der Waals surface area contributed by atoms with Crippen molar-refractivity contribution < 1.29 is 19.2 Å². The number of ether oxygens (including phenoxy) is 1. The van der Waals surface area contributed by atoms with E-state index in [2.05, 4.69) is 0 Å². The molecule has 0 aromatic heterocycles. The van der Waals surface area contributed by atoms with Gasteiger partial charge in [-0.2, -0.15) is 0 Å². The highest BCUT2D eigenvalue weighted by Crippen LogP contribution is 2.39. The van der Waals surface area contributed by atoms with Crippen molar-refractivity contribution in [3.05, 3.63) is 34.3 Å². The summed E-state index contributed by atoms with van der Waals surface area (Å²) in [6, 6.07) is 5.42. The molecule has 6 heteroatoms. The van der Waals surface area contributed by atoms with Gasteiger partial charge in [-0.3, -0.25) is 0 Å². The predicted molar refractivity (Wildman–Crippen MR) is 89.1 cm³/mol. The number of halogens is 1. The van der Waals surface area contributed by atoms with E-state index in [1.807, 2.05) is 45.9 Å². The lowest BCUT2D eigenvalue weighted by atomic mass is 9.77. The summed E-state index contributed by atoms with van der Waals surface area (Å²) in [5.74, 6) is 0.585. The second-order valence-corrected chi connectivity index (χ2v) is 6.77. The fraction of sp³-hybridized carbons (Fsp3) is 0.500. The van der Waals surface area contributed by atoms with Gasteiger partial charge in [0.15, 0.2) is 0 Å². The molecule has 1 aromatic rings. The van der Waals surface area contributed by atoms with Gasteiger partial charge in [-0.1, -0.05) is 23.7 Å². The Balaban J connectivity index is 2.29. The number of hydrogen-bond donors (Lipinski definition) is 1. The highest BCUT2D eigenvalue weighted by atomic mass is 35.5. The molecular formula is C16H22BClO4. The molecule has 1 N–H and O–H groups in total. The van der Waals surface area contributed by atoms with Gasteiger partial charge in [0.25, 0.3) is 0 Å². The molecule has 0 spiro atoms. The fourth-order valence-corrected chi connectivity index (χ4v) is 2.36. The van der Waals surface area contributed by atoms with Crippen LogP contribution >= 0.6 is 11.6 Å². The largest absolute Gasteiger partial charge is 0.495 e. The second kappa shape index (κ2) is 6.24. The lowest BCUT2D eigenvalue weighted by molar-refractivity contribution is 0.00578. The first kappa shape index (κ1) is 17.4. The molecule has 120 valence electrons. The van der Waals surface area contributed by atoms with Crippen LogP contribution in [0.3, 0.4) is 0 Å². The van der Waals surface area contributed by atoms with Gasteiger partial charge >= 0.3 is 7.12 Å². The Morgan fingerprint density at radius 1 is 1.27 bits per heavy atom. The smallest absolute Gasteiger partial charge is 0.492 e. The standard InChI is InChI=1S/C16H22BClO4/c1-15(2)16(3,4)22-17(21-15)12(10-19)8-11-6-7-13(18)14(9-11)20-5/h6-9,19H,10H2,1-5H3. The van der Waals surface area contributed by atoms with Crippen LogP contribution in [-0.2, 0) is 9.31 Å². The van der Waals surface area contributed by atoms with E-state index < -0.39 is 18.3 Å². The van der Waals surface area contributed by atoms with Gasteiger partial charge in [-0.25, -0.2) is 0 Å². The zero-order valence-corrected chi connectivity index (χ0v) is 14.4. The third-order valence-electron chi connectivity index (χ3n) is 4.27. The van der Waals surface area contributed by atoms with Crippen LogP contribution in [0.2, 0.25) is 5.02 Å². The lowest BCUT2D eigenvalue weighted by Crippen LogP contribution is -2.41. The van der Waals surface area contributed by atoms with Crippen molar-refractivity contribution in [1.29, 1.82) is 0 Å². The maximum Gasteiger partial charge on any atom is 0.492 e. The normalized spacial score (nSPS) is 20.3. The van der Waals surface area contributed by atoms with Crippen LogP contribution in [0.1, 0.15) is 33.3 Å². The van der Waals surface area contributed by atoms with Crippen LogP contribution in [0.4, 0.5) is 0 Å². The van der Waals surface area contributed by atoms with Crippen LogP contribution in [0.5, 0.6) is 5.75 Å². The minimum atomic E-state index is -0.573. The second-order valence-electron chi connectivity index (χ2n) is 6.36. The van der Waals surface area contributed by atoms with E-state index in [4.69, 9.17) is 25.6 Å². The van der Waals surface area contributed by atoms with E-state index in [0.717, 1.165) is 5.56 Å². The highest BCUT2D eigenvalue weighted by Gasteiger charge is 2.52. The number of benzene rings is 1. The molecule has 1 aliphatic heterocycles. The molecule has 4 nitrogen and oxygen atoms in total. The summed E-state index contributed by atoms with van der Waals surface area (Å²) in [7, 11) is 0.993. The zero-order chi connectivity index (χ0) is 16.5. The summed E-state index contributed by atoms with van der Waals surface area (Å²) < 4.78 is 17.1. The number of aliphatic hydroxyl groups excluding tert-OH is 1. The first-order valence-electron chi connectivity index (χ1n) is 7.20. The lowest BCUT2D eigenvalue weighted by Gasteiger charge is -2.32. The fourth-order valence-electron chi connectivity index (χ4n) is 2.16. The van der Waals surface area contributed by atoms with Crippen LogP contribution < -0.4 is 4.74 Å². The van der Waals surface area contributed by atoms with Crippen LogP contribution in [0, 0.1) is 0 Å². The molecule has 2 rings (SSSR count). The quantitative estimate of drug-likeness (QED) is 0.863. The summed E-state index contributed by atoms with van der Waals surface area (Å²) in [6.07, 6.45) is 1.83. The zero-order valence-electron chi connectivity index (χ0n) is 13.6. The summed E-state index contributed by atoms with van der Waals surface area (Å²) in [5.41, 5.74) is 0.635. The SMILES string of the molecule is COc1cc(C=C(CO)B2OC(C)(C)C(C)(C)O2)ccc1Cl. The predicted octanol–water partition coefficient (Wildman–Crippen LogP) is 3.36. The van der Waals surface area contributed by atoms with Crippen molar-refractivity contribution in [2.24, 2.45) is 0 Å². The summed E-state index contributed by atoms with van der Waals surface area (Å²) in [5, 5.41) is 10.2. The summed E-state index contributed by atoms with van der Waals surface area (Å²) in [6.45, 7) is 7.77. The third-order valence-corrected chi connectivity index (χ3v) is 4.58. The van der Waals surface area contributed by atoms with Crippen molar-refractivity contribution in [2.75, 3.05) is 13.7 Å². The average Bonchev–Trinajstić information content (AvgIpc) is 2.66. The molecule has 22 heavy (non-hydrogen) atoms. The maximum absolute atomic E-state index is 9.68. The van der Waals surface area contributed by atoms with Gasteiger partial charge in [0, 0.05) is 0 Å². The number of hydrogen-bond acceptors (Lipinski definition) is 4. The number of rotatable bonds is 4.